The van der Waals surface area contributed by atoms with Gasteiger partial charge in [0.25, 0.3) is 0 Å². The standard InChI is InChI=1S/C15H26N2O2/c1-11(2)12-4-3-8-17(9-7-12)15(19)13-5-6-14(18)16-10-13/h11-13H,3-10H2,1-2H3,(H,16,18). The van der Waals surface area contributed by atoms with Crippen molar-refractivity contribution in [3.8, 4) is 0 Å². The third kappa shape index (κ3) is 3.71. The van der Waals surface area contributed by atoms with Crippen molar-refractivity contribution >= 4 is 11.8 Å². The van der Waals surface area contributed by atoms with Crippen LogP contribution in [0.2, 0.25) is 0 Å². The molecule has 0 bridgehead atoms. The Morgan fingerprint density at radius 3 is 2.68 bits per heavy atom. The van der Waals surface area contributed by atoms with Crippen LogP contribution in [0.3, 0.4) is 0 Å². The van der Waals surface area contributed by atoms with E-state index < -0.39 is 0 Å². The van der Waals surface area contributed by atoms with E-state index in [0.29, 0.717) is 18.9 Å². The van der Waals surface area contributed by atoms with Gasteiger partial charge in [-0.1, -0.05) is 13.8 Å². The molecule has 2 atom stereocenters. The molecule has 1 N–H and O–H groups in total. The van der Waals surface area contributed by atoms with Gasteiger partial charge in [-0.25, -0.2) is 0 Å². The zero-order chi connectivity index (χ0) is 13.8. The van der Waals surface area contributed by atoms with Crippen molar-refractivity contribution in [2.45, 2.75) is 46.0 Å². The third-order valence-electron chi connectivity index (χ3n) is 4.64. The number of piperidine rings is 1. The van der Waals surface area contributed by atoms with Crippen LogP contribution in [0.5, 0.6) is 0 Å². The molecule has 4 nitrogen and oxygen atoms in total. The maximum atomic E-state index is 12.5. The number of nitrogens with zero attached hydrogens (tertiary/aromatic N) is 1. The molecule has 0 aromatic rings. The molecule has 2 aliphatic heterocycles. The van der Waals surface area contributed by atoms with Crippen LogP contribution in [0.1, 0.15) is 46.0 Å². The van der Waals surface area contributed by atoms with E-state index in [1.54, 1.807) is 0 Å². The predicted octanol–water partition coefficient (Wildman–Crippen LogP) is 1.80. The van der Waals surface area contributed by atoms with E-state index in [9.17, 15) is 9.59 Å². The van der Waals surface area contributed by atoms with Crippen molar-refractivity contribution in [2.75, 3.05) is 19.6 Å². The molecule has 0 aliphatic carbocycles. The lowest BCUT2D eigenvalue weighted by atomic mass is 9.89. The van der Waals surface area contributed by atoms with Gasteiger partial charge < -0.3 is 10.2 Å². The Kier molecular flexibility index (Phi) is 4.83. The summed E-state index contributed by atoms with van der Waals surface area (Å²) in [5.74, 6) is 1.81. The van der Waals surface area contributed by atoms with E-state index in [4.69, 9.17) is 0 Å². The second kappa shape index (κ2) is 6.40. The monoisotopic (exact) mass is 266 g/mol. The molecule has 0 radical (unpaired) electrons. The second-order valence-electron chi connectivity index (χ2n) is 6.30. The van der Waals surface area contributed by atoms with Crippen LogP contribution in [0, 0.1) is 17.8 Å². The summed E-state index contributed by atoms with van der Waals surface area (Å²) in [6.45, 7) is 6.87. The molecule has 2 heterocycles. The molecule has 2 saturated heterocycles. The molecule has 19 heavy (non-hydrogen) atoms. The molecule has 2 aliphatic rings. The minimum Gasteiger partial charge on any atom is -0.355 e. The Balaban J connectivity index is 1.87. The van der Waals surface area contributed by atoms with Crippen LogP contribution in [0.4, 0.5) is 0 Å². The van der Waals surface area contributed by atoms with E-state index in [-0.39, 0.29) is 17.7 Å². The zero-order valence-electron chi connectivity index (χ0n) is 12.2. The lowest BCUT2D eigenvalue weighted by molar-refractivity contribution is -0.137. The number of hydrogen-bond donors (Lipinski definition) is 1. The van der Waals surface area contributed by atoms with Gasteiger partial charge in [0.1, 0.15) is 0 Å². The highest BCUT2D eigenvalue weighted by Crippen LogP contribution is 2.26. The van der Waals surface area contributed by atoms with Crippen LogP contribution in [-0.2, 0) is 9.59 Å². The van der Waals surface area contributed by atoms with Crippen LogP contribution >= 0.6 is 0 Å². The van der Waals surface area contributed by atoms with Gasteiger partial charge in [-0.15, -0.1) is 0 Å². The van der Waals surface area contributed by atoms with E-state index in [1.165, 1.54) is 6.42 Å². The molecule has 0 aromatic carbocycles. The molecule has 0 spiro atoms. The molecule has 2 amide bonds. The first-order valence-electron chi connectivity index (χ1n) is 7.63. The fraction of sp³-hybridized carbons (Fsp3) is 0.867. The summed E-state index contributed by atoms with van der Waals surface area (Å²) in [5, 5.41) is 2.81. The number of likely N-dealkylation sites (tertiary alicyclic amines) is 1. The molecule has 0 saturated carbocycles. The summed E-state index contributed by atoms with van der Waals surface area (Å²) in [5.41, 5.74) is 0. The Morgan fingerprint density at radius 2 is 2.05 bits per heavy atom. The first kappa shape index (κ1) is 14.4. The maximum absolute atomic E-state index is 12.5. The van der Waals surface area contributed by atoms with Crippen LogP contribution in [0.15, 0.2) is 0 Å². The minimum atomic E-state index is 0.00769. The average molecular weight is 266 g/mol. The number of nitrogens with one attached hydrogen (secondary N) is 1. The average Bonchev–Trinajstić information content (AvgIpc) is 2.64. The minimum absolute atomic E-state index is 0.00769. The molecular weight excluding hydrogens is 240 g/mol. The first-order valence-corrected chi connectivity index (χ1v) is 7.63. The van der Waals surface area contributed by atoms with Crippen molar-refractivity contribution in [3.63, 3.8) is 0 Å². The summed E-state index contributed by atoms with van der Waals surface area (Å²) < 4.78 is 0. The Morgan fingerprint density at radius 1 is 1.26 bits per heavy atom. The van der Waals surface area contributed by atoms with E-state index in [0.717, 1.165) is 38.3 Å². The fourth-order valence-electron chi connectivity index (χ4n) is 3.21. The lowest BCUT2D eigenvalue weighted by Gasteiger charge is -2.28. The highest BCUT2D eigenvalue weighted by atomic mass is 16.2. The topological polar surface area (TPSA) is 49.4 Å². The molecule has 0 aromatic heterocycles. The van der Waals surface area contributed by atoms with Gasteiger partial charge in [-0.3, -0.25) is 9.59 Å². The maximum Gasteiger partial charge on any atom is 0.227 e. The molecule has 2 fully saturated rings. The molecule has 108 valence electrons. The van der Waals surface area contributed by atoms with Gasteiger partial charge in [0, 0.05) is 26.1 Å². The van der Waals surface area contributed by atoms with Gasteiger partial charge in [0.15, 0.2) is 0 Å². The molecule has 2 unspecified atom stereocenters. The number of amides is 2. The van der Waals surface area contributed by atoms with Crippen molar-refractivity contribution < 1.29 is 9.59 Å². The lowest BCUT2D eigenvalue weighted by Crippen LogP contribution is -2.45. The number of carbonyl (C=O) groups excluding carboxylic acids is 2. The highest BCUT2D eigenvalue weighted by Gasteiger charge is 2.30. The zero-order valence-corrected chi connectivity index (χ0v) is 12.2. The largest absolute Gasteiger partial charge is 0.355 e. The van der Waals surface area contributed by atoms with E-state index >= 15 is 0 Å². The van der Waals surface area contributed by atoms with Crippen LogP contribution in [0.25, 0.3) is 0 Å². The quantitative estimate of drug-likeness (QED) is 0.828. The van der Waals surface area contributed by atoms with E-state index in [2.05, 4.69) is 19.2 Å². The molecule has 4 heteroatoms. The van der Waals surface area contributed by atoms with Gasteiger partial charge in [-0.05, 0) is 37.5 Å². The van der Waals surface area contributed by atoms with Gasteiger partial charge in [-0.2, -0.15) is 0 Å². The summed E-state index contributed by atoms with van der Waals surface area (Å²) >= 11 is 0. The number of carbonyl (C=O) groups is 2. The second-order valence-corrected chi connectivity index (χ2v) is 6.30. The van der Waals surface area contributed by atoms with Crippen molar-refractivity contribution in [1.82, 2.24) is 10.2 Å². The smallest absolute Gasteiger partial charge is 0.227 e. The van der Waals surface area contributed by atoms with Crippen LogP contribution < -0.4 is 5.32 Å². The van der Waals surface area contributed by atoms with Crippen LogP contribution in [-0.4, -0.2) is 36.3 Å². The summed E-state index contributed by atoms with van der Waals surface area (Å²) in [6.07, 6.45) is 4.70. The van der Waals surface area contributed by atoms with Crippen molar-refractivity contribution in [2.24, 2.45) is 17.8 Å². The predicted molar refractivity (Wildman–Crippen MR) is 74.5 cm³/mol. The Hall–Kier alpha value is -1.06. The van der Waals surface area contributed by atoms with Gasteiger partial charge in [0.05, 0.1) is 5.92 Å². The molecule has 2 rings (SSSR count). The van der Waals surface area contributed by atoms with Gasteiger partial charge in [0.2, 0.25) is 11.8 Å². The third-order valence-corrected chi connectivity index (χ3v) is 4.64. The summed E-state index contributed by atoms with van der Waals surface area (Å²) in [6, 6.07) is 0. The normalized spacial score (nSPS) is 29.0. The SMILES string of the molecule is CC(C)C1CCCN(C(=O)C2CCC(=O)NC2)CC1. The Bertz CT molecular complexity index is 331. The number of rotatable bonds is 2. The first-order chi connectivity index (χ1) is 9.08. The summed E-state index contributed by atoms with van der Waals surface area (Å²) in [4.78, 5) is 25.6. The van der Waals surface area contributed by atoms with E-state index in [1.807, 2.05) is 4.90 Å². The van der Waals surface area contributed by atoms with Gasteiger partial charge >= 0.3 is 0 Å². The highest BCUT2D eigenvalue weighted by molar-refractivity contribution is 5.83. The summed E-state index contributed by atoms with van der Waals surface area (Å²) in [7, 11) is 0. The molecular formula is C15H26N2O2. The number of hydrogen-bond acceptors (Lipinski definition) is 2. The fourth-order valence-corrected chi connectivity index (χ4v) is 3.21. The van der Waals surface area contributed by atoms with Crippen molar-refractivity contribution in [1.29, 1.82) is 0 Å². The Labute approximate surface area is 115 Å². The van der Waals surface area contributed by atoms with Crippen molar-refractivity contribution in [3.05, 3.63) is 0 Å².